The quantitative estimate of drug-likeness (QED) is 0.518. The van der Waals surface area contributed by atoms with Gasteiger partial charge >= 0.3 is 7.12 Å². The van der Waals surface area contributed by atoms with Crippen molar-refractivity contribution in [1.82, 2.24) is 9.97 Å². The van der Waals surface area contributed by atoms with E-state index in [0.717, 1.165) is 0 Å². The molecule has 0 aliphatic heterocycles. The van der Waals surface area contributed by atoms with Gasteiger partial charge in [-0.05, 0) is 0 Å². The lowest BCUT2D eigenvalue weighted by atomic mass is 9.83. The first-order valence-corrected chi connectivity index (χ1v) is 2.97. The summed E-state index contributed by atoms with van der Waals surface area (Å²) in [5.41, 5.74) is 0.155. The standard InChI is InChI=1S/C5H6BFN2O2/c7-1-5-8-2-4(3-9-5)6(10)11/h2-3,10-11H,1H2. The van der Waals surface area contributed by atoms with Crippen molar-refractivity contribution in [3.8, 4) is 0 Å². The van der Waals surface area contributed by atoms with Crippen LogP contribution in [0, 0.1) is 0 Å². The van der Waals surface area contributed by atoms with Gasteiger partial charge in [-0.15, -0.1) is 0 Å². The second-order valence-electron chi connectivity index (χ2n) is 1.94. The van der Waals surface area contributed by atoms with E-state index in [9.17, 15) is 4.39 Å². The Balaban J connectivity index is 2.83. The molecule has 0 atom stereocenters. The Bertz CT molecular complexity index is 228. The lowest BCUT2D eigenvalue weighted by Crippen LogP contribution is -2.30. The zero-order chi connectivity index (χ0) is 8.27. The first-order valence-electron chi connectivity index (χ1n) is 2.97. The summed E-state index contributed by atoms with van der Waals surface area (Å²) in [5.74, 6) is 0.0365. The number of hydrogen-bond acceptors (Lipinski definition) is 4. The summed E-state index contributed by atoms with van der Waals surface area (Å²) in [5, 5.41) is 17.1. The van der Waals surface area contributed by atoms with Crippen molar-refractivity contribution in [3.05, 3.63) is 18.2 Å². The smallest absolute Gasteiger partial charge is 0.423 e. The molecule has 11 heavy (non-hydrogen) atoms. The number of nitrogens with zero attached hydrogens (tertiary/aromatic N) is 2. The van der Waals surface area contributed by atoms with Crippen LogP contribution in [0.3, 0.4) is 0 Å². The molecule has 4 nitrogen and oxygen atoms in total. The van der Waals surface area contributed by atoms with Crippen LogP contribution in [0.15, 0.2) is 12.4 Å². The van der Waals surface area contributed by atoms with E-state index in [4.69, 9.17) is 10.0 Å². The van der Waals surface area contributed by atoms with E-state index in [1.54, 1.807) is 0 Å². The van der Waals surface area contributed by atoms with Crippen LogP contribution in [0.25, 0.3) is 0 Å². The average Bonchev–Trinajstić information content (AvgIpc) is 2.05. The maximum absolute atomic E-state index is 11.8. The first-order chi connectivity index (χ1) is 5.24. The molecular weight excluding hydrogens is 150 g/mol. The number of halogens is 1. The molecule has 1 aromatic rings. The molecule has 0 spiro atoms. The van der Waals surface area contributed by atoms with Crippen molar-refractivity contribution in [2.24, 2.45) is 0 Å². The second-order valence-corrected chi connectivity index (χ2v) is 1.94. The predicted molar refractivity (Wildman–Crippen MR) is 36.7 cm³/mol. The molecule has 0 aliphatic carbocycles. The first kappa shape index (κ1) is 8.09. The highest BCUT2D eigenvalue weighted by Crippen LogP contribution is 1.87. The summed E-state index contributed by atoms with van der Waals surface area (Å²) in [7, 11) is -1.59. The summed E-state index contributed by atoms with van der Waals surface area (Å²) in [6, 6.07) is 0. The molecule has 58 valence electrons. The van der Waals surface area contributed by atoms with Crippen LogP contribution in [0.2, 0.25) is 0 Å². The van der Waals surface area contributed by atoms with Gasteiger partial charge in [0.2, 0.25) is 0 Å². The molecule has 1 heterocycles. The van der Waals surface area contributed by atoms with Crippen molar-refractivity contribution >= 4 is 12.6 Å². The molecule has 0 fully saturated rings. The fourth-order valence-corrected chi connectivity index (χ4v) is 0.567. The zero-order valence-electron chi connectivity index (χ0n) is 5.61. The van der Waals surface area contributed by atoms with E-state index in [0.29, 0.717) is 0 Å². The molecule has 0 unspecified atom stereocenters. The summed E-state index contributed by atoms with van der Waals surface area (Å²) in [4.78, 5) is 7.02. The highest BCUT2D eigenvalue weighted by atomic mass is 19.1. The lowest BCUT2D eigenvalue weighted by molar-refractivity contribution is 0.425. The molecular formula is C5H6BFN2O2. The Kier molecular flexibility index (Phi) is 2.51. The van der Waals surface area contributed by atoms with Gasteiger partial charge in [-0.2, -0.15) is 0 Å². The molecule has 0 amide bonds. The third-order valence-electron chi connectivity index (χ3n) is 1.14. The van der Waals surface area contributed by atoms with Gasteiger partial charge in [-0.3, -0.25) is 0 Å². The highest BCUT2D eigenvalue weighted by Gasteiger charge is 2.11. The lowest BCUT2D eigenvalue weighted by Gasteiger charge is -1.96. The van der Waals surface area contributed by atoms with E-state index < -0.39 is 13.8 Å². The topological polar surface area (TPSA) is 66.2 Å². The van der Waals surface area contributed by atoms with E-state index in [1.807, 2.05) is 0 Å². The van der Waals surface area contributed by atoms with Crippen LogP contribution in [-0.2, 0) is 6.67 Å². The van der Waals surface area contributed by atoms with Crippen molar-refractivity contribution < 1.29 is 14.4 Å². The highest BCUT2D eigenvalue weighted by molar-refractivity contribution is 6.58. The minimum Gasteiger partial charge on any atom is -0.423 e. The van der Waals surface area contributed by atoms with Crippen molar-refractivity contribution in [1.29, 1.82) is 0 Å². The third kappa shape index (κ3) is 1.96. The number of aromatic nitrogens is 2. The van der Waals surface area contributed by atoms with Crippen LogP contribution < -0.4 is 5.46 Å². The zero-order valence-corrected chi connectivity index (χ0v) is 5.61. The Morgan fingerprint density at radius 2 is 1.91 bits per heavy atom. The van der Waals surface area contributed by atoms with Crippen LogP contribution in [0.4, 0.5) is 4.39 Å². The molecule has 2 N–H and O–H groups in total. The van der Waals surface area contributed by atoms with Gasteiger partial charge in [0.15, 0.2) is 5.82 Å². The summed E-state index contributed by atoms with van der Waals surface area (Å²) in [6.45, 7) is -0.748. The Morgan fingerprint density at radius 3 is 2.27 bits per heavy atom. The van der Waals surface area contributed by atoms with Crippen molar-refractivity contribution in [2.45, 2.75) is 6.67 Å². The Morgan fingerprint density at radius 1 is 1.36 bits per heavy atom. The predicted octanol–water partition coefficient (Wildman–Crippen LogP) is -1.37. The number of hydrogen-bond donors (Lipinski definition) is 2. The van der Waals surface area contributed by atoms with Gasteiger partial charge in [0, 0.05) is 17.9 Å². The molecule has 1 aromatic heterocycles. The fourth-order valence-electron chi connectivity index (χ4n) is 0.567. The summed E-state index contributed by atoms with van der Waals surface area (Å²) < 4.78 is 11.8. The SMILES string of the molecule is OB(O)c1cnc(CF)nc1. The molecule has 0 bridgehead atoms. The van der Waals surface area contributed by atoms with Gasteiger partial charge in [-0.1, -0.05) is 0 Å². The molecule has 1 rings (SSSR count). The van der Waals surface area contributed by atoms with Crippen LogP contribution in [-0.4, -0.2) is 27.1 Å². The fraction of sp³-hybridized carbons (Fsp3) is 0.200. The molecule has 0 aliphatic rings. The number of rotatable bonds is 2. The van der Waals surface area contributed by atoms with Crippen molar-refractivity contribution in [2.75, 3.05) is 0 Å². The number of alkyl halides is 1. The van der Waals surface area contributed by atoms with Gasteiger partial charge in [-0.25, -0.2) is 14.4 Å². The summed E-state index contributed by atoms with van der Waals surface area (Å²) in [6.07, 6.45) is 2.35. The second kappa shape index (κ2) is 3.40. The largest absolute Gasteiger partial charge is 0.491 e. The van der Waals surface area contributed by atoms with Crippen LogP contribution in [0.5, 0.6) is 0 Å². The molecule has 0 saturated carbocycles. The molecule has 0 aromatic carbocycles. The maximum Gasteiger partial charge on any atom is 0.491 e. The van der Waals surface area contributed by atoms with Gasteiger partial charge in [0.25, 0.3) is 0 Å². The van der Waals surface area contributed by atoms with E-state index >= 15 is 0 Å². The van der Waals surface area contributed by atoms with Crippen LogP contribution >= 0.6 is 0 Å². The minimum absolute atomic E-state index is 0.0365. The molecule has 6 heteroatoms. The van der Waals surface area contributed by atoms with Crippen LogP contribution in [0.1, 0.15) is 5.82 Å². The van der Waals surface area contributed by atoms with E-state index in [1.165, 1.54) is 12.4 Å². The Hall–Kier alpha value is -1.01. The average molecular weight is 156 g/mol. The summed E-state index contributed by atoms with van der Waals surface area (Å²) >= 11 is 0. The van der Waals surface area contributed by atoms with Gasteiger partial charge in [0.05, 0.1) is 0 Å². The molecule has 0 radical (unpaired) electrons. The maximum atomic E-state index is 11.8. The van der Waals surface area contributed by atoms with Crippen molar-refractivity contribution in [3.63, 3.8) is 0 Å². The Labute approximate surface area is 62.9 Å². The van der Waals surface area contributed by atoms with Gasteiger partial charge in [0.1, 0.15) is 6.67 Å². The van der Waals surface area contributed by atoms with Gasteiger partial charge < -0.3 is 10.0 Å². The van der Waals surface area contributed by atoms with E-state index in [-0.39, 0.29) is 11.3 Å². The van der Waals surface area contributed by atoms with E-state index in [2.05, 4.69) is 9.97 Å². The molecule has 0 saturated heterocycles. The third-order valence-corrected chi connectivity index (χ3v) is 1.14. The minimum atomic E-state index is -1.59. The normalized spacial score (nSPS) is 9.73. The monoisotopic (exact) mass is 156 g/mol.